The van der Waals surface area contributed by atoms with Gasteiger partial charge in [0.25, 0.3) is 5.90 Å². The molecule has 0 fully saturated rings. The Morgan fingerprint density at radius 1 is 1.11 bits per heavy atom. The third-order valence-corrected chi connectivity index (χ3v) is 2.07. The van der Waals surface area contributed by atoms with Gasteiger partial charge < -0.3 is 9.47 Å². The van der Waals surface area contributed by atoms with Crippen molar-refractivity contribution in [1.29, 1.82) is 5.41 Å². The second-order valence-corrected chi connectivity index (χ2v) is 3.61. The van der Waals surface area contributed by atoms with Crippen LogP contribution < -0.4 is 0 Å². The zero-order valence-corrected chi connectivity index (χ0v) is 10.1. The van der Waals surface area contributed by atoms with Gasteiger partial charge in [-0.15, -0.1) is 0 Å². The fraction of sp³-hybridized carbons (Fsp3) is 0.308. The second-order valence-electron chi connectivity index (χ2n) is 3.61. The van der Waals surface area contributed by atoms with Gasteiger partial charge in [-0.1, -0.05) is 36.4 Å². The standard InChI is InChI=1S/C13H14F3NO2/c14-13(15,16)12(17)19-9-5-4-8-18-10-11-6-2-1-3-7-11/h1-7,17H,8-10H2/b5-4+,17-12?. The summed E-state index contributed by atoms with van der Waals surface area (Å²) in [6, 6.07) is 9.52. The van der Waals surface area contributed by atoms with Crippen LogP contribution in [-0.2, 0) is 16.1 Å². The molecule has 0 saturated heterocycles. The van der Waals surface area contributed by atoms with Gasteiger partial charge in [-0.25, -0.2) is 0 Å². The molecule has 0 aliphatic carbocycles. The lowest BCUT2D eigenvalue weighted by molar-refractivity contribution is -0.0782. The van der Waals surface area contributed by atoms with Gasteiger partial charge >= 0.3 is 6.18 Å². The fourth-order valence-electron chi connectivity index (χ4n) is 1.17. The summed E-state index contributed by atoms with van der Waals surface area (Å²) in [7, 11) is 0. The quantitative estimate of drug-likeness (QED) is 0.374. The smallest absolute Gasteiger partial charge is 0.467 e. The van der Waals surface area contributed by atoms with Crippen molar-refractivity contribution < 1.29 is 22.6 Å². The highest BCUT2D eigenvalue weighted by Gasteiger charge is 2.36. The number of hydrogen-bond acceptors (Lipinski definition) is 3. The summed E-state index contributed by atoms with van der Waals surface area (Å²) in [5.41, 5.74) is 1.02. The minimum atomic E-state index is -4.72. The van der Waals surface area contributed by atoms with Gasteiger partial charge in [0.2, 0.25) is 0 Å². The third-order valence-electron chi connectivity index (χ3n) is 2.07. The number of hydrogen-bond donors (Lipinski definition) is 1. The summed E-state index contributed by atoms with van der Waals surface area (Å²) in [6.45, 7) is 0.412. The SMILES string of the molecule is N=C(OC/C=C/COCc1ccccc1)C(F)(F)F. The minimum absolute atomic E-state index is 0.275. The van der Waals surface area contributed by atoms with Crippen molar-refractivity contribution in [2.45, 2.75) is 12.8 Å². The van der Waals surface area contributed by atoms with Gasteiger partial charge in [0.05, 0.1) is 13.2 Å². The van der Waals surface area contributed by atoms with Crippen LogP contribution in [0.2, 0.25) is 0 Å². The van der Waals surface area contributed by atoms with E-state index in [-0.39, 0.29) is 13.2 Å². The molecule has 0 heterocycles. The maximum Gasteiger partial charge on any atom is 0.467 e. The first-order valence-electron chi connectivity index (χ1n) is 5.55. The molecular formula is C13H14F3NO2. The number of halogens is 3. The molecule has 1 aromatic rings. The number of ether oxygens (including phenoxy) is 2. The van der Waals surface area contributed by atoms with Crippen molar-refractivity contribution in [2.75, 3.05) is 13.2 Å². The molecule has 0 aromatic heterocycles. The van der Waals surface area contributed by atoms with E-state index < -0.39 is 12.1 Å². The molecule has 0 aliphatic heterocycles. The van der Waals surface area contributed by atoms with Gasteiger partial charge in [-0.05, 0) is 11.6 Å². The lowest BCUT2D eigenvalue weighted by atomic mass is 10.2. The van der Waals surface area contributed by atoms with Crippen LogP contribution in [0.15, 0.2) is 42.5 Å². The van der Waals surface area contributed by atoms with Crippen LogP contribution in [0.5, 0.6) is 0 Å². The molecule has 3 nitrogen and oxygen atoms in total. The summed E-state index contributed by atoms with van der Waals surface area (Å²) in [6.07, 6.45) is -1.80. The summed E-state index contributed by atoms with van der Waals surface area (Å²) in [5.74, 6) is -1.69. The molecule has 6 heteroatoms. The Hall–Kier alpha value is -1.82. The van der Waals surface area contributed by atoms with E-state index in [1.807, 2.05) is 30.3 Å². The maximum absolute atomic E-state index is 11.9. The van der Waals surface area contributed by atoms with E-state index >= 15 is 0 Å². The van der Waals surface area contributed by atoms with E-state index in [2.05, 4.69) is 4.74 Å². The molecule has 1 aromatic carbocycles. The Morgan fingerprint density at radius 2 is 1.74 bits per heavy atom. The van der Waals surface area contributed by atoms with Crippen LogP contribution in [0.3, 0.4) is 0 Å². The van der Waals surface area contributed by atoms with E-state index in [0.29, 0.717) is 6.61 Å². The first kappa shape index (κ1) is 15.2. The van der Waals surface area contributed by atoms with Crippen LogP contribution in [0.4, 0.5) is 13.2 Å². The molecule has 0 amide bonds. The van der Waals surface area contributed by atoms with Gasteiger partial charge in [0.1, 0.15) is 6.61 Å². The van der Waals surface area contributed by atoms with Crippen LogP contribution in [0.25, 0.3) is 0 Å². The monoisotopic (exact) mass is 273 g/mol. The van der Waals surface area contributed by atoms with E-state index in [9.17, 15) is 13.2 Å². The van der Waals surface area contributed by atoms with Crippen LogP contribution >= 0.6 is 0 Å². The van der Waals surface area contributed by atoms with E-state index in [4.69, 9.17) is 10.1 Å². The fourth-order valence-corrected chi connectivity index (χ4v) is 1.17. The van der Waals surface area contributed by atoms with Gasteiger partial charge in [-0.2, -0.15) is 13.2 Å². The van der Waals surface area contributed by atoms with E-state index in [0.717, 1.165) is 5.56 Å². The highest BCUT2D eigenvalue weighted by atomic mass is 19.4. The van der Waals surface area contributed by atoms with Crippen molar-refractivity contribution in [3.05, 3.63) is 48.0 Å². The Kier molecular flexibility index (Phi) is 6.08. The van der Waals surface area contributed by atoms with Crippen molar-refractivity contribution in [1.82, 2.24) is 0 Å². The summed E-state index contributed by atoms with van der Waals surface area (Å²) in [4.78, 5) is 0. The number of benzene rings is 1. The number of nitrogens with one attached hydrogen (secondary N) is 1. The zero-order chi connectivity index (χ0) is 14.1. The van der Waals surface area contributed by atoms with Gasteiger partial charge in [0.15, 0.2) is 0 Å². The average molecular weight is 273 g/mol. The molecule has 1 rings (SSSR count). The van der Waals surface area contributed by atoms with E-state index in [1.54, 1.807) is 6.08 Å². The lowest BCUT2D eigenvalue weighted by Crippen LogP contribution is -2.24. The number of alkyl halides is 3. The topological polar surface area (TPSA) is 42.3 Å². The minimum Gasteiger partial charge on any atom is -0.470 e. The average Bonchev–Trinajstić information content (AvgIpc) is 2.37. The predicted octanol–water partition coefficient (Wildman–Crippen LogP) is 3.32. The molecule has 0 spiro atoms. The molecule has 0 radical (unpaired) electrons. The van der Waals surface area contributed by atoms with Gasteiger partial charge in [0, 0.05) is 0 Å². The number of rotatable bonds is 6. The Labute approximate surface area is 109 Å². The first-order valence-corrected chi connectivity index (χ1v) is 5.55. The van der Waals surface area contributed by atoms with Crippen molar-refractivity contribution in [3.63, 3.8) is 0 Å². The maximum atomic E-state index is 11.9. The molecule has 19 heavy (non-hydrogen) atoms. The van der Waals surface area contributed by atoms with Crippen LogP contribution in [0.1, 0.15) is 5.56 Å². The molecule has 0 atom stereocenters. The Bertz CT molecular complexity index is 416. The van der Waals surface area contributed by atoms with Crippen molar-refractivity contribution >= 4 is 5.90 Å². The molecule has 104 valence electrons. The highest BCUT2D eigenvalue weighted by molar-refractivity contribution is 5.78. The van der Waals surface area contributed by atoms with Crippen molar-refractivity contribution in [3.8, 4) is 0 Å². The van der Waals surface area contributed by atoms with Crippen molar-refractivity contribution in [2.24, 2.45) is 0 Å². The first-order chi connectivity index (χ1) is 9.00. The molecule has 0 bridgehead atoms. The highest BCUT2D eigenvalue weighted by Crippen LogP contribution is 2.16. The molecule has 0 unspecified atom stereocenters. The predicted molar refractivity (Wildman–Crippen MR) is 65.0 cm³/mol. The van der Waals surface area contributed by atoms with Crippen LogP contribution in [-0.4, -0.2) is 25.3 Å². The largest absolute Gasteiger partial charge is 0.470 e. The molecule has 0 aliphatic rings. The van der Waals surface area contributed by atoms with Gasteiger partial charge in [-0.3, -0.25) is 5.41 Å². The summed E-state index contributed by atoms with van der Waals surface area (Å²) < 4.78 is 45.1. The van der Waals surface area contributed by atoms with Crippen LogP contribution in [0, 0.1) is 5.41 Å². The van der Waals surface area contributed by atoms with E-state index in [1.165, 1.54) is 6.08 Å². The molecule has 1 N–H and O–H groups in total. The Balaban J connectivity index is 2.10. The molecule has 0 saturated carbocycles. The summed E-state index contributed by atoms with van der Waals surface area (Å²) in [5, 5.41) is 6.56. The second kappa shape index (κ2) is 7.58. The summed E-state index contributed by atoms with van der Waals surface area (Å²) >= 11 is 0. The normalized spacial score (nSPS) is 11.7. The zero-order valence-electron chi connectivity index (χ0n) is 10.1. The molecular weight excluding hydrogens is 259 g/mol. The Morgan fingerprint density at radius 3 is 2.37 bits per heavy atom. The lowest BCUT2D eigenvalue weighted by Gasteiger charge is -2.07. The third kappa shape index (κ3) is 6.61.